The number of fused-ring (bicyclic) bond motifs is 1. The number of amides is 1. The Morgan fingerprint density at radius 3 is 2.59 bits per heavy atom. The molecule has 0 saturated heterocycles. The van der Waals surface area contributed by atoms with Crippen LogP contribution in [0, 0.1) is 0 Å². The molecule has 1 atom stereocenters. The van der Waals surface area contributed by atoms with E-state index in [4.69, 9.17) is 0 Å². The van der Waals surface area contributed by atoms with Crippen LogP contribution in [0.2, 0.25) is 0 Å². The number of aryl methyl sites for hydroxylation is 1. The molecule has 1 unspecified atom stereocenters. The monoisotopic (exact) mass is 404 g/mol. The second-order valence-corrected chi connectivity index (χ2v) is 9.57. The average molecular weight is 405 g/mol. The Morgan fingerprint density at radius 2 is 1.89 bits per heavy atom. The maximum Gasteiger partial charge on any atom is 0.243 e. The van der Waals surface area contributed by atoms with Crippen LogP contribution < -0.4 is 5.32 Å². The zero-order valence-corrected chi connectivity index (χ0v) is 17.1. The van der Waals surface area contributed by atoms with Crippen molar-refractivity contribution in [1.29, 1.82) is 0 Å². The molecule has 1 aliphatic carbocycles. The number of nitrogens with one attached hydrogen (secondary N) is 1. The third kappa shape index (κ3) is 4.54. The molecule has 0 aliphatic heterocycles. The van der Waals surface area contributed by atoms with Gasteiger partial charge in [0.25, 0.3) is 0 Å². The first-order valence-corrected chi connectivity index (χ1v) is 11.6. The molecule has 0 saturated carbocycles. The van der Waals surface area contributed by atoms with Crippen molar-refractivity contribution in [3.05, 3.63) is 59.7 Å². The lowest BCUT2D eigenvalue weighted by Crippen LogP contribution is -2.40. The van der Waals surface area contributed by atoms with Crippen LogP contribution in [0.15, 0.2) is 58.3 Å². The molecule has 27 heavy (non-hydrogen) atoms. The molecule has 0 fully saturated rings. The fraction of sp³-hybridized carbons (Fsp3) is 0.350. The van der Waals surface area contributed by atoms with Gasteiger partial charge in [-0.3, -0.25) is 4.79 Å². The zero-order valence-electron chi connectivity index (χ0n) is 15.5. The smallest absolute Gasteiger partial charge is 0.243 e. The maximum atomic E-state index is 12.7. The summed E-state index contributed by atoms with van der Waals surface area (Å²) < 4.78 is 26.5. The van der Waals surface area contributed by atoms with E-state index in [0.717, 1.165) is 34.0 Å². The number of hydrogen-bond acceptors (Lipinski definition) is 4. The number of likely N-dealkylation sites (N-methyl/N-ethyl adjacent to an activating group) is 1. The Kier molecular flexibility index (Phi) is 6.24. The molecule has 5 nitrogen and oxygen atoms in total. The third-order valence-corrected chi connectivity index (χ3v) is 7.40. The van der Waals surface area contributed by atoms with Crippen molar-refractivity contribution in [3.8, 4) is 0 Å². The molecule has 0 bridgehead atoms. The fourth-order valence-electron chi connectivity index (χ4n) is 3.36. The van der Waals surface area contributed by atoms with E-state index in [1.807, 2.05) is 24.5 Å². The molecule has 0 heterocycles. The van der Waals surface area contributed by atoms with E-state index < -0.39 is 10.0 Å². The number of sulfonamides is 1. The number of thioether (sulfide) groups is 1. The molecule has 1 N–H and O–H groups in total. The van der Waals surface area contributed by atoms with Crippen molar-refractivity contribution >= 4 is 27.7 Å². The van der Waals surface area contributed by atoms with Crippen LogP contribution in [0.4, 0.5) is 0 Å². The van der Waals surface area contributed by atoms with Crippen molar-refractivity contribution in [2.45, 2.75) is 35.1 Å². The summed E-state index contributed by atoms with van der Waals surface area (Å²) in [4.78, 5) is 13.7. The molecule has 3 rings (SSSR count). The highest BCUT2D eigenvalue weighted by atomic mass is 32.2. The maximum absolute atomic E-state index is 12.7. The Hall–Kier alpha value is -1.83. The Bertz CT molecular complexity index is 911. The minimum Gasteiger partial charge on any atom is -0.348 e. The molecule has 144 valence electrons. The summed E-state index contributed by atoms with van der Waals surface area (Å²) in [6.07, 6.45) is 4.83. The normalized spacial score (nSPS) is 16.8. The summed E-state index contributed by atoms with van der Waals surface area (Å²) in [5.41, 5.74) is 2.39. The number of carbonyl (C=O) groups excluding carboxylic acids is 1. The van der Waals surface area contributed by atoms with Crippen molar-refractivity contribution in [2.75, 3.05) is 19.8 Å². The van der Waals surface area contributed by atoms with Gasteiger partial charge in [-0.1, -0.05) is 24.3 Å². The van der Waals surface area contributed by atoms with Gasteiger partial charge >= 0.3 is 0 Å². The van der Waals surface area contributed by atoms with E-state index in [9.17, 15) is 13.2 Å². The lowest BCUT2D eigenvalue weighted by atomic mass is 9.88. The van der Waals surface area contributed by atoms with Gasteiger partial charge in [0.2, 0.25) is 15.9 Å². The second-order valence-electron chi connectivity index (χ2n) is 6.65. The summed E-state index contributed by atoms with van der Waals surface area (Å²) in [5.74, 6) is -0.288. The summed E-state index contributed by atoms with van der Waals surface area (Å²) >= 11 is 1.55. The molecule has 0 radical (unpaired) electrons. The Morgan fingerprint density at radius 1 is 1.19 bits per heavy atom. The first kappa shape index (κ1) is 19.9. The highest BCUT2D eigenvalue weighted by molar-refractivity contribution is 7.98. The van der Waals surface area contributed by atoms with E-state index >= 15 is 0 Å². The van der Waals surface area contributed by atoms with Gasteiger partial charge in [0.05, 0.1) is 17.5 Å². The molecule has 7 heteroatoms. The Balaban J connectivity index is 1.67. The number of carbonyl (C=O) groups is 1. The molecular formula is C20H24N2O3S2. The van der Waals surface area contributed by atoms with Gasteiger partial charge in [-0.25, -0.2) is 8.42 Å². The predicted molar refractivity (Wildman–Crippen MR) is 108 cm³/mol. The van der Waals surface area contributed by atoms with Gasteiger partial charge in [-0.05, 0) is 60.9 Å². The summed E-state index contributed by atoms with van der Waals surface area (Å²) in [7, 11) is -2.26. The summed E-state index contributed by atoms with van der Waals surface area (Å²) in [6.45, 7) is -0.203. The molecule has 0 aromatic heterocycles. The van der Waals surface area contributed by atoms with Crippen LogP contribution in [-0.2, 0) is 21.2 Å². The van der Waals surface area contributed by atoms with E-state index in [2.05, 4.69) is 11.4 Å². The third-order valence-electron chi connectivity index (χ3n) is 4.84. The van der Waals surface area contributed by atoms with Gasteiger partial charge in [-0.2, -0.15) is 4.31 Å². The van der Waals surface area contributed by atoms with Crippen LogP contribution in [0.3, 0.4) is 0 Å². The quantitative estimate of drug-likeness (QED) is 0.751. The number of nitrogens with zero attached hydrogens (tertiary/aromatic N) is 1. The second kappa shape index (κ2) is 8.46. The van der Waals surface area contributed by atoms with Crippen molar-refractivity contribution in [2.24, 2.45) is 0 Å². The van der Waals surface area contributed by atoms with Crippen LogP contribution in [0.25, 0.3) is 0 Å². The largest absolute Gasteiger partial charge is 0.348 e. The molecular weight excluding hydrogens is 380 g/mol. The van der Waals surface area contributed by atoms with Crippen LogP contribution in [0.1, 0.15) is 30.0 Å². The molecule has 1 aliphatic rings. The lowest BCUT2D eigenvalue weighted by Gasteiger charge is -2.27. The van der Waals surface area contributed by atoms with Gasteiger partial charge in [-0.15, -0.1) is 11.8 Å². The number of rotatable bonds is 6. The topological polar surface area (TPSA) is 66.5 Å². The number of hydrogen-bond donors (Lipinski definition) is 1. The van der Waals surface area contributed by atoms with Gasteiger partial charge in [0.1, 0.15) is 0 Å². The van der Waals surface area contributed by atoms with Gasteiger partial charge in [0, 0.05) is 11.9 Å². The lowest BCUT2D eigenvalue weighted by molar-refractivity contribution is -0.122. The van der Waals surface area contributed by atoms with Crippen molar-refractivity contribution in [1.82, 2.24) is 9.62 Å². The van der Waals surface area contributed by atoms with Crippen LogP contribution in [0.5, 0.6) is 0 Å². The highest BCUT2D eigenvalue weighted by Crippen LogP contribution is 2.29. The van der Waals surface area contributed by atoms with Gasteiger partial charge in [0.15, 0.2) is 0 Å². The minimum atomic E-state index is -3.70. The fourth-order valence-corrected chi connectivity index (χ4v) is 4.89. The first-order chi connectivity index (χ1) is 12.9. The minimum absolute atomic E-state index is 0.0561. The zero-order chi connectivity index (χ0) is 19.4. The standard InChI is InChI=1S/C20H24N2O3S2/c1-22(27(24,25)17-12-10-16(26-2)11-13-17)14-20(23)21-19-9-5-7-15-6-3-4-8-18(15)19/h3-4,6,8,10-13,19H,5,7,9,14H2,1-2H3,(H,21,23). The molecule has 0 spiro atoms. The van der Waals surface area contributed by atoms with E-state index in [1.54, 1.807) is 36.0 Å². The van der Waals surface area contributed by atoms with E-state index in [-0.39, 0.29) is 23.4 Å². The van der Waals surface area contributed by atoms with E-state index in [1.165, 1.54) is 12.6 Å². The SMILES string of the molecule is CSc1ccc(S(=O)(=O)N(C)CC(=O)NC2CCCc3ccccc32)cc1. The van der Waals surface area contributed by atoms with E-state index in [0.29, 0.717) is 0 Å². The van der Waals surface area contributed by atoms with Crippen molar-refractivity contribution in [3.63, 3.8) is 0 Å². The average Bonchev–Trinajstić information content (AvgIpc) is 2.68. The van der Waals surface area contributed by atoms with Crippen LogP contribution >= 0.6 is 11.8 Å². The summed E-state index contributed by atoms with van der Waals surface area (Å²) in [5, 5.41) is 3.00. The molecule has 1 amide bonds. The highest BCUT2D eigenvalue weighted by Gasteiger charge is 2.26. The Labute approximate surface area is 165 Å². The van der Waals surface area contributed by atoms with Crippen molar-refractivity contribution < 1.29 is 13.2 Å². The number of benzene rings is 2. The molecule has 2 aromatic carbocycles. The summed E-state index contributed by atoms with van der Waals surface area (Å²) in [6, 6.07) is 14.7. The van der Waals surface area contributed by atoms with Gasteiger partial charge < -0.3 is 5.32 Å². The van der Waals surface area contributed by atoms with Crippen LogP contribution in [-0.4, -0.2) is 38.5 Å². The molecule has 2 aromatic rings. The first-order valence-electron chi connectivity index (χ1n) is 8.89. The predicted octanol–water partition coefficient (Wildman–Crippen LogP) is 3.22.